The van der Waals surface area contributed by atoms with Gasteiger partial charge in [-0.2, -0.15) is 0 Å². The van der Waals surface area contributed by atoms with E-state index in [9.17, 15) is 13.2 Å². The van der Waals surface area contributed by atoms with Crippen molar-refractivity contribution in [3.05, 3.63) is 40.7 Å². The topological polar surface area (TPSA) is 97.6 Å². The van der Waals surface area contributed by atoms with Gasteiger partial charge in [-0.15, -0.1) is 11.3 Å². The number of hydrogen-bond acceptors (Lipinski definition) is 6. The van der Waals surface area contributed by atoms with Crippen molar-refractivity contribution in [1.29, 1.82) is 0 Å². The summed E-state index contributed by atoms with van der Waals surface area (Å²) in [5, 5.41) is 2.55. The first-order chi connectivity index (χ1) is 11.3. The maximum atomic E-state index is 12.4. The third-order valence-electron chi connectivity index (χ3n) is 3.25. The van der Waals surface area contributed by atoms with E-state index >= 15 is 0 Å². The van der Waals surface area contributed by atoms with E-state index in [1.807, 2.05) is 0 Å². The Hall–Kier alpha value is -1.84. The van der Waals surface area contributed by atoms with Gasteiger partial charge in [0, 0.05) is 11.4 Å². The summed E-state index contributed by atoms with van der Waals surface area (Å²) >= 11 is 1.17. The highest BCUT2D eigenvalue weighted by Crippen LogP contribution is 2.24. The van der Waals surface area contributed by atoms with Crippen molar-refractivity contribution in [3.63, 3.8) is 0 Å². The molecule has 0 aromatic carbocycles. The summed E-state index contributed by atoms with van der Waals surface area (Å²) in [6.07, 6.45) is 0.0195. The molecule has 132 valence electrons. The van der Waals surface area contributed by atoms with Crippen LogP contribution in [0.25, 0.3) is 0 Å². The van der Waals surface area contributed by atoms with Gasteiger partial charge in [-0.3, -0.25) is 0 Å². The number of carbonyl (C=O) groups is 1. The smallest absolute Gasteiger partial charge is 0.406 e. The van der Waals surface area contributed by atoms with Crippen LogP contribution in [0.5, 0.6) is 0 Å². The summed E-state index contributed by atoms with van der Waals surface area (Å²) in [6.45, 7) is 3.91. The minimum absolute atomic E-state index is 0.227. The van der Waals surface area contributed by atoms with Crippen molar-refractivity contribution in [1.82, 2.24) is 10.0 Å². The number of hydrogen-bond donors (Lipinski definition) is 2. The van der Waals surface area contributed by atoms with E-state index < -0.39 is 22.2 Å². The minimum atomic E-state index is -3.63. The molecule has 2 heterocycles. The highest BCUT2D eigenvalue weighted by Gasteiger charge is 2.22. The molecule has 0 aliphatic rings. The van der Waals surface area contributed by atoms with Crippen LogP contribution >= 0.6 is 11.3 Å². The number of nitrogens with one attached hydrogen (secondary N) is 2. The van der Waals surface area contributed by atoms with Crippen LogP contribution in [0.1, 0.15) is 29.4 Å². The number of alkyl carbamates (subject to hydrolysis) is 1. The number of ether oxygens (including phenoxy) is 1. The third kappa shape index (κ3) is 4.83. The average Bonchev–Trinajstić information content (AvgIpc) is 3.16. The van der Waals surface area contributed by atoms with Gasteiger partial charge in [-0.25, -0.2) is 17.9 Å². The van der Waals surface area contributed by atoms with Gasteiger partial charge in [0.25, 0.3) is 10.0 Å². The first-order valence-corrected chi connectivity index (χ1v) is 9.61. The molecule has 9 heteroatoms. The van der Waals surface area contributed by atoms with E-state index in [-0.39, 0.29) is 4.21 Å². The van der Waals surface area contributed by atoms with E-state index in [1.165, 1.54) is 18.4 Å². The second kappa shape index (κ2) is 7.82. The zero-order chi connectivity index (χ0) is 17.7. The summed E-state index contributed by atoms with van der Waals surface area (Å²) in [5.41, 5.74) is 0. The lowest BCUT2D eigenvalue weighted by atomic mass is 10.3. The number of rotatable bonds is 7. The van der Waals surface area contributed by atoms with E-state index in [4.69, 9.17) is 4.42 Å². The van der Waals surface area contributed by atoms with Gasteiger partial charge < -0.3 is 14.5 Å². The predicted molar refractivity (Wildman–Crippen MR) is 90.6 cm³/mol. The normalized spacial score (nSPS) is 12.8. The van der Waals surface area contributed by atoms with Gasteiger partial charge in [0.2, 0.25) is 0 Å². The number of sulfonamides is 1. The number of furan rings is 1. The Balaban J connectivity index is 1.98. The monoisotopic (exact) mass is 372 g/mol. The van der Waals surface area contributed by atoms with Crippen LogP contribution < -0.4 is 10.0 Å². The Morgan fingerprint density at radius 3 is 2.71 bits per heavy atom. The molecule has 2 N–H and O–H groups in total. The molecule has 2 aromatic rings. The Morgan fingerprint density at radius 2 is 2.08 bits per heavy atom. The lowest BCUT2D eigenvalue weighted by Gasteiger charge is -2.10. The fourth-order valence-corrected chi connectivity index (χ4v) is 4.62. The molecule has 2 aromatic heterocycles. The van der Waals surface area contributed by atoms with Crippen LogP contribution in [0.3, 0.4) is 0 Å². The number of aryl methyl sites for hydroxylation is 1. The van der Waals surface area contributed by atoms with Crippen molar-refractivity contribution in [3.8, 4) is 0 Å². The van der Waals surface area contributed by atoms with Gasteiger partial charge >= 0.3 is 6.09 Å². The fraction of sp³-hybridized carbons (Fsp3) is 0.400. The molecule has 0 saturated carbocycles. The second-order valence-electron chi connectivity index (χ2n) is 5.18. The molecule has 1 atom stereocenters. The maximum absolute atomic E-state index is 12.4. The van der Waals surface area contributed by atoms with Gasteiger partial charge in [-0.1, -0.05) is 0 Å². The standard InChI is InChI=1S/C15H20N2O5S2/c1-10-4-6-13(22-10)11(2)17-24(19,20)14-7-5-12(23-14)8-9-16-15(18)21-3/h4-7,11,17H,8-9H2,1-3H3,(H,16,18). The minimum Gasteiger partial charge on any atom is -0.465 e. The molecule has 0 bridgehead atoms. The maximum Gasteiger partial charge on any atom is 0.406 e. The van der Waals surface area contributed by atoms with Gasteiger partial charge in [-0.05, 0) is 44.5 Å². The van der Waals surface area contributed by atoms with Crippen LogP contribution in [0, 0.1) is 6.92 Å². The van der Waals surface area contributed by atoms with Crippen molar-refractivity contribution in [2.45, 2.75) is 30.5 Å². The summed E-state index contributed by atoms with van der Waals surface area (Å²) in [7, 11) is -2.34. The Bertz CT molecular complexity index is 794. The number of methoxy groups -OCH3 is 1. The largest absolute Gasteiger partial charge is 0.465 e. The molecule has 0 radical (unpaired) electrons. The SMILES string of the molecule is COC(=O)NCCc1ccc(S(=O)(=O)NC(C)c2ccc(C)o2)s1. The zero-order valence-corrected chi connectivity index (χ0v) is 15.3. The first kappa shape index (κ1) is 18.5. The summed E-state index contributed by atoms with van der Waals surface area (Å²) < 4.78 is 37.6. The predicted octanol–water partition coefficient (Wildman–Crippen LogP) is 2.59. The highest BCUT2D eigenvalue weighted by atomic mass is 32.2. The van der Waals surface area contributed by atoms with Crippen LogP contribution in [0.15, 0.2) is 32.9 Å². The van der Waals surface area contributed by atoms with Crippen molar-refractivity contribution < 1.29 is 22.4 Å². The van der Waals surface area contributed by atoms with Gasteiger partial charge in [0.1, 0.15) is 15.7 Å². The first-order valence-electron chi connectivity index (χ1n) is 7.31. The van der Waals surface area contributed by atoms with E-state index in [1.54, 1.807) is 38.1 Å². The molecule has 1 unspecified atom stereocenters. The summed E-state index contributed by atoms with van der Waals surface area (Å²) in [4.78, 5) is 11.8. The zero-order valence-electron chi connectivity index (χ0n) is 13.7. The molecule has 24 heavy (non-hydrogen) atoms. The van der Waals surface area contributed by atoms with E-state index in [0.717, 1.165) is 10.6 Å². The molecule has 0 aliphatic heterocycles. The van der Waals surface area contributed by atoms with Crippen LogP contribution in [-0.2, 0) is 21.2 Å². The Labute approximate surface area is 145 Å². The molecule has 2 rings (SSSR count). The average molecular weight is 372 g/mol. The molecule has 0 aliphatic carbocycles. The van der Waals surface area contributed by atoms with Crippen molar-refractivity contribution >= 4 is 27.5 Å². The Kier molecular flexibility index (Phi) is 6.03. The molecule has 0 saturated heterocycles. The number of thiophene rings is 1. The van der Waals surface area contributed by atoms with Crippen LogP contribution in [-0.4, -0.2) is 28.2 Å². The van der Waals surface area contributed by atoms with E-state index in [2.05, 4.69) is 14.8 Å². The van der Waals surface area contributed by atoms with E-state index in [0.29, 0.717) is 18.7 Å². The van der Waals surface area contributed by atoms with Gasteiger partial charge in [0.05, 0.1) is 13.2 Å². The lowest BCUT2D eigenvalue weighted by molar-refractivity contribution is 0.171. The summed E-state index contributed by atoms with van der Waals surface area (Å²) in [6, 6.07) is 6.37. The summed E-state index contributed by atoms with van der Waals surface area (Å²) in [5.74, 6) is 1.29. The highest BCUT2D eigenvalue weighted by molar-refractivity contribution is 7.91. The molecule has 7 nitrogen and oxygen atoms in total. The molecule has 0 fully saturated rings. The van der Waals surface area contributed by atoms with Crippen molar-refractivity contribution in [2.75, 3.05) is 13.7 Å². The molecule has 0 spiro atoms. The number of carbonyl (C=O) groups excluding carboxylic acids is 1. The molecular weight excluding hydrogens is 352 g/mol. The Morgan fingerprint density at radius 1 is 1.33 bits per heavy atom. The van der Waals surface area contributed by atoms with Crippen LogP contribution in [0.4, 0.5) is 4.79 Å². The van der Waals surface area contributed by atoms with Gasteiger partial charge in [0.15, 0.2) is 0 Å². The molecular formula is C15H20N2O5S2. The van der Waals surface area contributed by atoms with Crippen molar-refractivity contribution in [2.24, 2.45) is 0 Å². The fourth-order valence-electron chi connectivity index (χ4n) is 2.03. The molecule has 1 amide bonds. The second-order valence-corrected chi connectivity index (χ2v) is 8.29. The lowest BCUT2D eigenvalue weighted by Crippen LogP contribution is -2.26. The number of amides is 1. The van der Waals surface area contributed by atoms with Crippen LogP contribution in [0.2, 0.25) is 0 Å². The quantitative estimate of drug-likeness (QED) is 0.778. The third-order valence-corrected chi connectivity index (χ3v) is 6.43.